The molecule has 1 aliphatic rings. The van der Waals surface area contributed by atoms with Crippen LogP contribution in [0.15, 0.2) is 46.3 Å². The zero-order chi connectivity index (χ0) is 18.5. The van der Waals surface area contributed by atoms with Crippen molar-refractivity contribution in [3.8, 4) is 0 Å². The van der Waals surface area contributed by atoms with Crippen molar-refractivity contribution in [2.45, 2.75) is 19.6 Å². The number of ether oxygens (including phenoxy) is 1. The molecule has 3 rings (SSSR count). The van der Waals surface area contributed by atoms with Crippen LogP contribution in [0.3, 0.4) is 0 Å². The zero-order valence-corrected chi connectivity index (χ0v) is 17.0. The van der Waals surface area contributed by atoms with Gasteiger partial charge >= 0.3 is 5.97 Å². The average Bonchev–Trinajstić information content (AvgIpc) is 3.09. The first-order valence-corrected chi connectivity index (χ1v) is 10.2. The summed E-state index contributed by atoms with van der Waals surface area (Å²) in [5.41, 5.74) is 1.27. The van der Waals surface area contributed by atoms with Crippen LogP contribution >= 0.6 is 27.3 Å². The molecule has 1 unspecified atom stereocenters. The fourth-order valence-electron chi connectivity index (χ4n) is 2.92. The summed E-state index contributed by atoms with van der Waals surface area (Å²) in [6, 6.07) is 13.8. The van der Waals surface area contributed by atoms with Gasteiger partial charge in [-0.3, -0.25) is 9.69 Å². The smallest absolute Gasteiger partial charge is 0.349 e. The van der Waals surface area contributed by atoms with Gasteiger partial charge in [0.25, 0.3) is 5.91 Å². The molecule has 0 radical (unpaired) electrons. The number of nitrogens with zero attached hydrogens (tertiary/aromatic N) is 2. The highest BCUT2D eigenvalue weighted by Gasteiger charge is 2.27. The maximum atomic E-state index is 12.6. The molecule has 5 nitrogen and oxygen atoms in total. The normalized spacial score (nSPS) is 16.3. The Morgan fingerprint density at radius 2 is 1.81 bits per heavy atom. The number of piperazine rings is 1. The number of carbonyl (C=O) groups excluding carboxylic acids is 2. The number of carbonyl (C=O) groups is 2. The summed E-state index contributed by atoms with van der Waals surface area (Å²) in [7, 11) is 0. The SMILES string of the molecule is CC(OC(=O)c1ccc(Br)s1)C(=O)N1CCN(Cc2ccccc2)CC1. The van der Waals surface area contributed by atoms with E-state index in [2.05, 4.69) is 33.0 Å². The minimum absolute atomic E-state index is 0.131. The second-order valence-corrected chi connectivity index (χ2v) is 8.70. The van der Waals surface area contributed by atoms with Gasteiger partial charge in [0.15, 0.2) is 6.10 Å². The predicted octanol–water partition coefficient (Wildman–Crippen LogP) is 3.40. The molecule has 2 aromatic rings. The van der Waals surface area contributed by atoms with Crippen molar-refractivity contribution >= 4 is 39.1 Å². The van der Waals surface area contributed by atoms with Crippen LogP contribution in [0.4, 0.5) is 0 Å². The number of halogens is 1. The molecule has 1 fully saturated rings. The zero-order valence-electron chi connectivity index (χ0n) is 14.6. The van der Waals surface area contributed by atoms with Gasteiger partial charge in [0, 0.05) is 32.7 Å². The van der Waals surface area contributed by atoms with Gasteiger partial charge in [-0.2, -0.15) is 0 Å². The van der Waals surface area contributed by atoms with Crippen LogP contribution in [0.2, 0.25) is 0 Å². The first kappa shape index (κ1) is 19.1. The first-order valence-electron chi connectivity index (χ1n) is 8.54. The number of hydrogen-bond acceptors (Lipinski definition) is 5. The van der Waals surface area contributed by atoms with Crippen molar-refractivity contribution in [3.05, 3.63) is 56.7 Å². The van der Waals surface area contributed by atoms with E-state index in [1.165, 1.54) is 16.9 Å². The number of hydrogen-bond donors (Lipinski definition) is 0. The molecule has 1 atom stereocenters. The first-order chi connectivity index (χ1) is 12.5. The van der Waals surface area contributed by atoms with E-state index >= 15 is 0 Å². The lowest BCUT2D eigenvalue weighted by Crippen LogP contribution is -2.51. The summed E-state index contributed by atoms with van der Waals surface area (Å²) in [6.45, 7) is 5.47. The monoisotopic (exact) mass is 436 g/mol. The van der Waals surface area contributed by atoms with E-state index < -0.39 is 12.1 Å². The summed E-state index contributed by atoms with van der Waals surface area (Å²) >= 11 is 4.62. The maximum absolute atomic E-state index is 12.6. The third kappa shape index (κ3) is 4.93. The highest BCUT2D eigenvalue weighted by Crippen LogP contribution is 2.23. The molecule has 0 bridgehead atoms. The summed E-state index contributed by atoms with van der Waals surface area (Å²) in [5, 5.41) is 0. The fourth-order valence-corrected chi connectivity index (χ4v) is 4.19. The predicted molar refractivity (Wildman–Crippen MR) is 105 cm³/mol. The van der Waals surface area contributed by atoms with Crippen molar-refractivity contribution in [2.24, 2.45) is 0 Å². The summed E-state index contributed by atoms with van der Waals surface area (Å²) < 4.78 is 6.19. The molecule has 138 valence electrons. The molecule has 1 aliphatic heterocycles. The van der Waals surface area contributed by atoms with E-state index in [1.54, 1.807) is 24.0 Å². The van der Waals surface area contributed by atoms with Crippen LogP contribution in [0.25, 0.3) is 0 Å². The fraction of sp³-hybridized carbons (Fsp3) is 0.368. The molecule has 0 aliphatic carbocycles. The maximum Gasteiger partial charge on any atom is 0.349 e. The number of thiophene rings is 1. The number of esters is 1. The van der Waals surface area contributed by atoms with Crippen LogP contribution in [-0.4, -0.2) is 54.0 Å². The van der Waals surface area contributed by atoms with Gasteiger partial charge in [0.05, 0.1) is 3.79 Å². The third-order valence-electron chi connectivity index (χ3n) is 4.34. The van der Waals surface area contributed by atoms with Crippen molar-refractivity contribution in [1.82, 2.24) is 9.80 Å². The standard InChI is InChI=1S/C19H21BrN2O3S/c1-14(25-19(24)16-7-8-17(20)26-16)18(23)22-11-9-21(10-12-22)13-15-5-3-2-4-6-15/h2-8,14H,9-13H2,1H3. The van der Waals surface area contributed by atoms with E-state index in [0.717, 1.165) is 23.4 Å². The Morgan fingerprint density at radius 3 is 2.42 bits per heavy atom. The Labute approximate surface area is 165 Å². The molecule has 1 aromatic carbocycles. The van der Waals surface area contributed by atoms with Crippen LogP contribution in [0.5, 0.6) is 0 Å². The van der Waals surface area contributed by atoms with Gasteiger partial charge < -0.3 is 9.64 Å². The molecule has 1 amide bonds. The van der Waals surface area contributed by atoms with E-state index in [9.17, 15) is 9.59 Å². The van der Waals surface area contributed by atoms with Gasteiger partial charge in [-0.25, -0.2) is 4.79 Å². The number of amides is 1. The van der Waals surface area contributed by atoms with Gasteiger partial charge in [-0.1, -0.05) is 30.3 Å². The number of rotatable bonds is 5. The molecular weight excluding hydrogens is 416 g/mol. The van der Waals surface area contributed by atoms with Crippen molar-refractivity contribution in [3.63, 3.8) is 0 Å². The lowest BCUT2D eigenvalue weighted by molar-refractivity contribution is -0.141. The van der Waals surface area contributed by atoms with Crippen molar-refractivity contribution < 1.29 is 14.3 Å². The molecular formula is C19H21BrN2O3S. The molecule has 2 heterocycles. The Kier molecular flexibility index (Phi) is 6.45. The molecule has 1 saturated heterocycles. The average molecular weight is 437 g/mol. The van der Waals surface area contributed by atoms with E-state index in [0.29, 0.717) is 18.0 Å². The van der Waals surface area contributed by atoms with E-state index in [-0.39, 0.29) is 5.91 Å². The lowest BCUT2D eigenvalue weighted by Gasteiger charge is -2.35. The minimum atomic E-state index is -0.774. The summed E-state index contributed by atoms with van der Waals surface area (Å²) in [5.74, 6) is -0.586. The summed E-state index contributed by atoms with van der Waals surface area (Å²) in [6.07, 6.45) is -0.774. The second-order valence-electron chi connectivity index (χ2n) is 6.24. The topological polar surface area (TPSA) is 49.9 Å². The highest BCUT2D eigenvalue weighted by atomic mass is 79.9. The van der Waals surface area contributed by atoms with Crippen LogP contribution in [-0.2, 0) is 16.1 Å². The van der Waals surface area contributed by atoms with Crippen molar-refractivity contribution in [1.29, 1.82) is 0 Å². The van der Waals surface area contributed by atoms with E-state index in [1.807, 2.05) is 18.2 Å². The highest BCUT2D eigenvalue weighted by molar-refractivity contribution is 9.11. The third-order valence-corrected chi connectivity index (χ3v) is 5.94. The van der Waals surface area contributed by atoms with E-state index in [4.69, 9.17) is 4.74 Å². The Morgan fingerprint density at radius 1 is 1.12 bits per heavy atom. The molecule has 1 aromatic heterocycles. The molecule has 0 spiro atoms. The van der Waals surface area contributed by atoms with Crippen LogP contribution in [0, 0.1) is 0 Å². The summed E-state index contributed by atoms with van der Waals surface area (Å²) in [4.78, 5) is 29.3. The molecule has 7 heteroatoms. The van der Waals surface area contributed by atoms with Crippen LogP contribution < -0.4 is 0 Å². The largest absolute Gasteiger partial charge is 0.448 e. The Hall–Kier alpha value is -1.70. The van der Waals surface area contributed by atoms with Gasteiger partial charge in [0.2, 0.25) is 0 Å². The Balaban J connectivity index is 1.47. The van der Waals surface area contributed by atoms with Gasteiger partial charge in [-0.15, -0.1) is 11.3 Å². The lowest BCUT2D eigenvalue weighted by atomic mass is 10.2. The second kappa shape index (κ2) is 8.79. The van der Waals surface area contributed by atoms with Gasteiger partial charge in [-0.05, 0) is 40.5 Å². The number of benzene rings is 1. The van der Waals surface area contributed by atoms with Gasteiger partial charge in [0.1, 0.15) is 4.88 Å². The van der Waals surface area contributed by atoms with Crippen LogP contribution in [0.1, 0.15) is 22.2 Å². The quantitative estimate of drug-likeness (QED) is 0.673. The minimum Gasteiger partial charge on any atom is -0.448 e. The molecule has 0 N–H and O–H groups in total. The molecule has 0 saturated carbocycles. The van der Waals surface area contributed by atoms with Crippen molar-refractivity contribution in [2.75, 3.05) is 26.2 Å². The molecule has 26 heavy (non-hydrogen) atoms. The Bertz CT molecular complexity index is 757.